The van der Waals surface area contributed by atoms with Crippen LogP contribution in [0.15, 0.2) is 41.2 Å². The van der Waals surface area contributed by atoms with Crippen LogP contribution in [-0.2, 0) is 6.54 Å². The minimum atomic E-state index is -0.476. The van der Waals surface area contributed by atoms with Crippen LogP contribution in [0.3, 0.4) is 0 Å². The first-order valence-corrected chi connectivity index (χ1v) is 11.0. The Hall–Kier alpha value is -2.52. The largest absolute Gasteiger partial charge is 0.490 e. The van der Waals surface area contributed by atoms with Crippen molar-refractivity contribution < 1.29 is 9.13 Å². The monoisotopic (exact) mass is 459 g/mol. The fraction of sp³-hybridized carbons (Fsp3) is 0.391. The Labute approximate surface area is 191 Å². The first kappa shape index (κ1) is 22.7. The van der Waals surface area contributed by atoms with Gasteiger partial charge in [-0.25, -0.2) is 9.37 Å². The van der Waals surface area contributed by atoms with E-state index in [1.807, 2.05) is 19.0 Å². The van der Waals surface area contributed by atoms with E-state index < -0.39 is 5.82 Å². The van der Waals surface area contributed by atoms with Gasteiger partial charge in [-0.1, -0.05) is 11.6 Å². The maximum Gasteiger partial charge on any atom is 0.266 e. The standard InChI is InChI=1S/C23H27ClFN5O2/c1-28(2)11-12-32-21-13-16(24)3-6-20(21)30-22(15-29-9-7-26-8-10-29)27-19-5-4-17(25)14-18(19)23(30)31/h3-6,13-14,26H,7-12,15H2,1-2H3. The molecule has 1 saturated heterocycles. The van der Waals surface area contributed by atoms with Crippen molar-refractivity contribution in [1.29, 1.82) is 0 Å². The van der Waals surface area contributed by atoms with Crippen LogP contribution in [0.25, 0.3) is 16.6 Å². The second-order valence-corrected chi connectivity index (χ2v) is 8.56. The molecular formula is C23H27ClFN5O2. The second-order valence-electron chi connectivity index (χ2n) is 8.12. The van der Waals surface area contributed by atoms with Gasteiger partial charge < -0.3 is 15.0 Å². The summed E-state index contributed by atoms with van der Waals surface area (Å²) >= 11 is 6.24. The molecule has 0 unspecified atom stereocenters. The summed E-state index contributed by atoms with van der Waals surface area (Å²) in [6.45, 7) is 5.08. The third-order valence-electron chi connectivity index (χ3n) is 5.43. The van der Waals surface area contributed by atoms with Crippen LogP contribution in [0, 0.1) is 5.82 Å². The van der Waals surface area contributed by atoms with Gasteiger partial charge in [0.25, 0.3) is 5.56 Å². The molecule has 1 aliphatic rings. The molecule has 0 spiro atoms. The Balaban J connectivity index is 1.85. The molecule has 0 saturated carbocycles. The van der Waals surface area contributed by atoms with Gasteiger partial charge in [-0.3, -0.25) is 14.3 Å². The molecule has 0 amide bonds. The number of hydrogen-bond donors (Lipinski definition) is 1. The van der Waals surface area contributed by atoms with Crippen LogP contribution in [0.2, 0.25) is 5.02 Å². The molecule has 4 rings (SSSR count). The summed E-state index contributed by atoms with van der Waals surface area (Å²) < 4.78 is 21.5. The summed E-state index contributed by atoms with van der Waals surface area (Å²) in [6, 6.07) is 9.27. The van der Waals surface area contributed by atoms with E-state index in [0.29, 0.717) is 47.5 Å². The molecule has 7 nitrogen and oxygen atoms in total. The average molecular weight is 460 g/mol. The summed E-state index contributed by atoms with van der Waals surface area (Å²) in [7, 11) is 3.92. The summed E-state index contributed by atoms with van der Waals surface area (Å²) in [5, 5.41) is 4.06. The van der Waals surface area contributed by atoms with Gasteiger partial charge >= 0.3 is 0 Å². The number of benzene rings is 2. The van der Waals surface area contributed by atoms with Gasteiger partial charge in [0.05, 0.1) is 23.1 Å². The highest BCUT2D eigenvalue weighted by Crippen LogP contribution is 2.28. The van der Waals surface area contributed by atoms with E-state index >= 15 is 0 Å². The molecule has 1 aromatic heterocycles. The zero-order valence-electron chi connectivity index (χ0n) is 18.3. The number of halogens is 2. The lowest BCUT2D eigenvalue weighted by atomic mass is 10.2. The van der Waals surface area contributed by atoms with Gasteiger partial charge in [-0.2, -0.15) is 0 Å². The van der Waals surface area contributed by atoms with Gasteiger partial charge in [0.2, 0.25) is 0 Å². The van der Waals surface area contributed by atoms with Crippen molar-refractivity contribution in [1.82, 2.24) is 24.7 Å². The molecule has 1 fully saturated rings. The van der Waals surface area contributed by atoms with Crippen LogP contribution < -0.4 is 15.6 Å². The molecule has 3 aromatic rings. The Morgan fingerprint density at radius 3 is 2.72 bits per heavy atom. The molecule has 0 aliphatic carbocycles. The zero-order chi connectivity index (χ0) is 22.7. The van der Waals surface area contributed by atoms with Crippen molar-refractivity contribution in [2.45, 2.75) is 6.54 Å². The van der Waals surface area contributed by atoms with Crippen molar-refractivity contribution in [3.05, 3.63) is 63.4 Å². The molecule has 0 atom stereocenters. The molecule has 170 valence electrons. The SMILES string of the molecule is CN(C)CCOc1cc(Cl)ccc1-n1c(CN2CCNCC2)nc2ccc(F)cc2c1=O. The minimum Gasteiger partial charge on any atom is -0.490 e. The van der Waals surface area contributed by atoms with E-state index in [2.05, 4.69) is 10.2 Å². The number of piperazine rings is 1. The van der Waals surface area contributed by atoms with Gasteiger partial charge in [0.1, 0.15) is 24.0 Å². The maximum absolute atomic E-state index is 14.0. The van der Waals surface area contributed by atoms with Gasteiger partial charge in [-0.05, 0) is 44.4 Å². The van der Waals surface area contributed by atoms with E-state index in [9.17, 15) is 9.18 Å². The number of nitrogens with one attached hydrogen (secondary N) is 1. The normalized spacial score (nSPS) is 14.9. The number of aromatic nitrogens is 2. The highest BCUT2D eigenvalue weighted by atomic mass is 35.5. The summed E-state index contributed by atoms with van der Waals surface area (Å²) in [6.07, 6.45) is 0. The number of fused-ring (bicyclic) bond motifs is 1. The number of hydrogen-bond acceptors (Lipinski definition) is 6. The highest BCUT2D eigenvalue weighted by molar-refractivity contribution is 6.30. The third-order valence-corrected chi connectivity index (χ3v) is 5.67. The van der Waals surface area contributed by atoms with Gasteiger partial charge in [0.15, 0.2) is 0 Å². The predicted octanol–water partition coefficient (Wildman–Crippen LogP) is 2.52. The van der Waals surface area contributed by atoms with Crippen molar-refractivity contribution in [2.75, 3.05) is 53.4 Å². The molecule has 1 N–H and O–H groups in total. The Bertz CT molecular complexity index is 1160. The van der Waals surface area contributed by atoms with Crippen molar-refractivity contribution >= 4 is 22.5 Å². The summed E-state index contributed by atoms with van der Waals surface area (Å²) in [5.74, 6) is 0.590. The number of nitrogens with zero attached hydrogens (tertiary/aromatic N) is 4. The number of rotatable bonds is 7. The molecule has 0 radical (unpaired) electrons. The van der Waals surface area contributed by atoms with Crippen LogP contribution in [0.5, 0.6) is 5.75 Å². The molecule has 2 heterocycles. The first-order valence-electron chi connectivity index (χ1n) is 10.6. The van der Waals surface area contributed by atoms with Crippen molar-refractivity contribution in [3.8, 4) is 11.4 Å². The Kier molecular flexibility index (Phi) is 7.05. The Morgan fingerprint density at radius 2 is 1.97 bits per heavy atom. The zero-order valence-corrected chi connectivity index (χ0v) is 19.0. The molecular weight excluding hydrogens is 433 g/mol. The highest BCUT2D eigenvalue weighted by Gasteiger charge is 2.20. The van der Waals surface area contributed by atoms with Crippen LogP contribution in [-0.4, -0.2) is 72.8 Å². The lowest BCUT2D eigenvalue weighted by molar-refractivity contribution is 0.226. The number of ether oxygens (including phenoxy) is 1. The van der Waals surface area contributed by atoms with Crippen molar-refractivity contribution in [3.63, 3.8) is 0 Å². The fourth-order valence-corrected chi connectivity index (χ4v) is 3.92. The Morgan fingerprint density at radius 1 is 1.19 bits per heavy atom. The molecule has 1 aliphatic heterocycles. The topological polar surface area (TPSA) is 62.6 Å². The van der Waals surface area contributed by atoms with E-state index in [1.165, 1.54) is 16.7 Å². The lowest BCUT2D eigenvalue weighted by Gasteiger charge is -2.28. The predicted molar refractivity (Wildman–Crippen MR) is 125 cm³/mol. The van der Waals surface area contributed by atoms with Crippen LogP contribution >= 0.6 is 11.6 Å². The van der Waals surface area contributed by atoms with Crippen LogP contribution in [0.4, 0.5) is 4.39 Å². The van der Waals surface area contributed by atoms with Crippen LogP contribution in [0.1, 0.15) is 5.82 Å². The fourth-order valence-electron chi connectivity index (χ4n) is 3.75. The maximum atomic E-state index is 14.0. The minimum absolute atomic E-state index is 0.225. The van der Waals surface area contributed by atoms with Crippen molar-refractivity contribution in [2.24, 2.45) is 0 Å². The number of likely N-dealkylation sites (N-methyl/N-ethyl adjacent to an activating group) is 1. The van der Waals surface area contributed by atoms with E-state index in [0.717, 1.165) is 26.2 Å². The average Bonchev–Trinajstić information content (AvgIpc) is 2.76. The second kappa shape index (κ2) is 9.95. The summed E-state index contributed by atoms with van der Waals surface area (Å²) in [4.78, 5) is 22.6. The van der Waals surface area contributed by atoms with Gasteiger partial charge in [0, 0.05) is 43.8 Å². The molecule has 32 heavy (non-hydrogen) atoms. The first-order chi connectivity index (χ1) is 15.4. The lowest BCUT2D eigenvalue weighted by Crippen LogP contribution is -2.44. The smallest absolute Gasteiger partial charge is 0.266 e. The van der Waals surface area contributed by atoms with E-state index in [4.69, 9.17) is 21.3 Å². The summed E-state index contributed by atoms with van der Waals surface area (Å²) in [5.41, 5.74) is 0.684. The molecule has 9 heteroatoms. The molecule has 0 bridgehead atoms. The quantitative estimate of drug-likeness (QED) is 0.586. The third kappa shape index (κ3) is 5.10. The molecule has 2 aromatic carbocycles. The van der Waals surface area contributed by atoms with Gasteiger partial charge in [-0.15, -0.1) is 0 Å². The van der Waals surface area contributed by atoms with E-state index in [1.54, 1.807) is 24.3 Å². The van der Waals surface area contributed by atoms with E-state index in [-0.39, 0.29) is 10.9 Å².